The highest BCUT2D eigenvalue weighted by Gasteiger charge is 2.32. The average molecular weight is 380 g/mol. The number of ether oxygens (including phenoxy) is 2. The lowest BCUT2D eigenvalue weighted by Gasteiger charge is -2.33. The van der Waals surface area contributed by atoms with Crippen molar-refractivity contribution in [3.05, 3.63) is 60.2 Å². The van der Waals surface area contributed by atoms with Crippen LogP contribution in [0, 0.1) is 0 Å². The first-order valence-electron chi connectivity index (χ1n) is 9.29. The fourth-order valence-corrected chi connectivity index (χ4v) is 2.91. The molecule has 0 unspecified atom stereocenters. The summed E-state index contributed by atoms with van der Waals surface area (Å²) in [5.41, 5.74) is 1.54. The molecule has 0 bridgehead atoms. The van der Waals surface area contributed by atoms with Gasteiger partial charge in [-0.25, -0.2) is 0 Å². The van der Waals surface area contributed by atoms with Crippen LogP contribution in [-0.2, 0) is 9.59 Å². The summed E-state index contributed by atoms with van der Waals surface area (Å²) >= 11 is 0. The molecule has 1 aliphatic rings. The SMILES string of the molecule is CCCNC(=O)[C@@H]1CN(C(=O)/C=C/c2ccc(OC)cc2)c2ccccc2O1. The van der Waals surface area contributed by atoms with E-state index in [-0.39, 0.29) is 18.4 Å². The standard InChI is InChI=1S/C22H24N2O4/c1-3-14-23-22(26)20-15-24(18-6-4-5-7-19(18)28-20)21(25)13-10-16-8-11-17(27-2)12-9-16/h4-13,20H,3,14-15H2,1-2H3,(H,23,26)/b13-10+/t20-/m0/s1. The molecule has 3 rings (SSSR count). The molecule has 1 atom stereocenters. The Morgan fingerprint density at radius 1 is 1.21 bits per heavy atom. The van der Waals surface area contributed by atoms with Gasteiger partial charge in [0.2, 0.25) is 0 Å². The first kappa shape index (κ1) is 19.5. The van der Waals surface area contributed by atoms with Gasteiger partial charge >= 0.3 is 0 Å². The van der Waals surface area contributed by atoms with E-state index < -0.39 is 6.10 Å². The maximum Gasteiger partial charge on any atom is 0.262 e. The fourth-order valence-electron chi connectivity index (χ4n) is 2.91. The number of hydrogen-bond donors (Lipinski definition) is 1. The van der Waals surface area contributed by atoms with E-state index in [4.69, 9.17) is 9.47 Å². The third-order valence-corrected chi connectivity index (χ3v) is 4.42. The predicted octanol–water partition coefficient (Wildman–Crippen LogP) is 3.03. The van der Waals surface area contributed by atoms with Crippen LogP contribution in [0.2, 0.25) is 0 Å². The second-order valence-electron chi connectivity index (χ2n) is 6.42. The van der Waals surface area contributed by atoms with E-state index in [0.717, 1.165) is 17.7 Å². The minimum absolute atomic E-state index is 0.165. The van der Waals surface area contributed by atoms with Crippen LogP contribution in [-0.4, -0.2) is 38.1 Å². The predicted molar refractivity (Wildman–Crippen MR) is 109 cm³/mol. The van der Waals surface area contributed by atoms with Gasteiger partial charge in [-0.15, -0.1) is 0 Å². The fraction of sp³-hybridized carbons (Fsp3) is 0.273. The number of amides is 2. The highest BCUT2D eigenvalue weighted by atomic mass is 16.5. The minimum atomic E-state index is -0.736. The molecule has 0 radical (unpaired) electrons. The van der Waals surface area contributed by atoms with Gasteiger partial charge in [0.15, 0.2) is 6.10 Å². The van der Waals surface area contributed by atoms with Crippen molar-refractivity contribution in [3.8, 4) is 11.5 Å². The van der Waals surface area contributed by atoms with Gasteiger partial charge in [0, 0.05) is 12.6 Å². The number of rotatable bonds is 6. The quantitative estimate of drug-likeness (QED) is 0.783. The lowest BCUT2D eigenvalue weighted by molar-refractivity contribution is -0.128. The van der Waals surface area contributed by atoms with Gasteiger partial charge < -0.3 is 19.7 Å². The number of hydrogen-bond acceptors (Lipinski definition) is 4. The Kier molecular flexibility index (Phi) is 6.32. The molecule has 6 nitrogen and oxygen atoms in total. The summed E-state index contributed by atoms with van der Waals surface area (Å²) in [6.07, 6.45) is 3.35. The molecule has 0 aromatic heterocycles. The lowest BCUT2D eigenvalue weighted by atomic mass is 10.1. The Morgan fingerprint density at radius 3 is 2.68 bits per heavy atom. The highest BCUT2D eigenvalue weighted by molar-refractivity contribution is 6.05. The normalized spacial score (nSPS) is 15.6. The molecule has 0 spiro atoms. The van der Waals surface area contributed by atoms with Crippen LogP contribution in [0.15, 0.2) is 54.6 Å². The summed E-state index contributed by atoms with van der Waals surface area (Å²) in [4.78, 5) is 26.8. The molecule has 1 N–H and O–H groups in total. The number of fused-ring (bicyclic) bond motifs is 1. The zero-order valence-electron chi connectivity index (χ0n) is 16.1. The van der Waals surface area contributed by atoms with Crippen molar-refractivity contribution in [2.45, 2.75) is 19.4 Å². The van der Waals surface area contributed by atoms with Crippen molar-refractivity contribution in [2.75, 3.05) is 25.1 Å². The van der Waals surface area contributed by atoms with E-state index in [1.807, 2.05) is 49.4 Å². The summed E-state index contributed by atoms with van der Waals surface area (Å²) in [5, 5.41) is 2.83. The van der Waals surface area contributed by atoms with Crippen LogP contribution in [0.1, 0.15) is 18.9 Å². The van der Waals surface area contributed by atoms with E-state index in [2.05, 4.69) is 5.32 Å². The molecule has 2 aromatic carbocycles. The van der Waals surface area contributed by atoms with Crippen LogP contribution >= 0.6 is 0 Å². The van der Waals surface area contributed by atoms with E-state index in [1.165, 1.54) is 6.08 Å². The van der Waals surface area contributed by atoms with Crippen molar-refractivity contribution in [3.63, 3.8) is 0 Å². The Bertz CT molecular complexity index is 861. The largest absolute Gasteiger partial charge is 0.497 e. The summed E-state index contributed by atoms with van der Waals surface area (Å²) < 4.78 is 11.0. The van der Waals surface area contributed by atoms with Gasteiger partial charge in [-0.1, -0.05) is 31.2 Å². The summed E-state index contributed by atoms with van der Waals surface area (Å²) in [6.45, 7) is 2.72. The first-order chi connectivity index (χ1) is 13.6. The first-order valence-corrected chi connectivity index (χ1v) is 9.29. The highest BCUT2D eigenvalue weighted by Crippen LogP contribution is 2.33. The van der Waals surface area contributed by atoms with Crippen LogP contribution in [0.25, 0.3) is 6.08 Å². The Hall–Kier alpha value is -3.28. The Labute approximate surface area is 164 Å². The molecule has 0 saturated heterocycles. The van der Waals surface area contributed by atoms with Crippen molar-refractivity contribution in [1.29, 1.82) is 0 Å². The molecular formula is C22H24N2O4. The number of para-hydroxylation sites is 2. The minimum Gasteiger partial charge on any atom is -0.497 e. The van der Waals surface area contributed by atoms with E-state index in [1.54, 1.807) is 24.2 Å². The monoisotopic (exact) mass is 380 g/mol. The topological polar surface area (TPSA) is 67.9 Å². The van der Waals surface area contributed by atoms with Crippen LogP contribution < -0.4 is 19.7 Å². The molecule has 146 valence electrons. The Morgan fingerprint density at radius 2 is 1.96 bits per heavy atom. The summed E-state index contributed by atoms with van der Waals surface area (Å²) in [6, 6.07) is 14.7. The van der Waals surface area contributed by atoms with E-state index in [9.17, 15) is 9.59 Å². The smallest absolute Gasteiger partial charge is 0.262 e. The van der Waals surface area contributed by atoms with Crippen molar-refractivity contribution in [2.24, 2.45) is 0 Å². The van der Waals surface area contributed by atoms with Crippen molar-refractivity contribution >= 4 is 23.6 Å². The molecule has 28 heavy (non-hydrogen) atoms. The number of nitrogens with one attached hydrogen (secondary N) is 1. The molecule has 1 heterocycles. The van der Waals surface area contributed by atoms with Gasteiger partial charge in [-0.3, -0.25) is 9.59 Å². The zero-order chi connectivity index (χ0) is 19.9. The number of carbonyl (C=O) groups excluding carboxylic acids is 2. The summed E-state index contributed by atoms with van der Waals surface area (Å²) in [7, 11) is 1.61. The molecule has 1 aliphatic heterocycles. The van der Waals surface area contributed by atoms with E-state index >= 15 is 0 Å². The van der Waals surface area contributed by atoms with Gasteiger partial charge in [0.25, 0.3) is 11.8 Å². The van der Waals surface area contributed by atoms with Crippen molar-refractivity contribution < 1.29 is 19.1 Å². The lowest BCUT2D eigenvalue weighted by Crippen LogP contribution is -2.50. The molecule has 2 aromatic rings. The number of carbonyl (C=O) groups is 2. The van der Waals surface area contributed by atoms with Gasteiger partial charge in [0.1, 0.15) is 11.5 Å². The summed E-state index contributed by atoms with van der Waals surface area (Å²) in [5.74, 6) is 0.858. The maximum absolute atomic E-state index is 12.9. The molecule has 0 fully saturated rings. The van der Waals surface area contributed by atoms with Crippen LogP contribution in [0.5, 0.6) is 11.5 Å². The van der Waals surface area contributed by atoms with E-state index in [0.29, 0.717) is 18.0 Å². The van der Waals surface area contributed by atoms with Gasteiger partial charge in [-0.2, -0.15) is 0 Å². The van der Waals surface area contributed by atoms with Crippen LogP contribution in [0.3, 0.4) is 0 Å². The molecule has 2 amide bonds. The maximum atomic E-state index is 12.9. The third kappa shape index (κ3) is 4.52. The zero-order valence-corrected chi connectivity index (χ0v) is 16.1. The average Bonchev–Trinajstić information content (AvgIpc) is 2.75. The molecular weight excluding hydrogens is 356 g/mol. The Balaban J connectivity index is 1.78. The molecule has 0 saturated carbocycles. The number of benzene rings is 2. The number of nitrogens with zero attached hydrogens (tertiary/aromatic N) is 1. The number of methoxy groups -OCH3 is 1. The van der Waals surface area contributed by atoms with Gasteiger partial charge in [0.05, 0.1) is 19.3 Å². The molecule has 0 aliphatic carbocycles. The third-order valence-electron chi connectivity index (χ3n) is 4.42. The molecule has 6 heteroatoms. The van der Waals surface area contributed by atoms with Crippen LogP contribution in [0.4, 0.5) is 5.69 Å². The second kappa shape index (κ2) is 9.08. The second-order valence-corrected chi connectivity index (χ2v) is 6.42. The number of anilines is 1. The van der Waals surface area contributed by atoms with Crippen molar-refractivity contribution in [1.82, 2.24) is 5.32 Å². The van der Waals surface area contributed by atoms with Gasteiger partial charge in [-0.05, 0) is 42.3 Å².